The lowest BCUT2D eigenvalue weighted by Gasteiger charge is -2.07. The Hall–Kier alpha value is -3.10. The number of imidazole rings is 1. The number of hydrogen-bond donors (Lipinski definition) is 0. The van der Waals surface area contributed by atoms with E-state index in [1.165, 1.54) is 10.9 Å². The fraction of sp³-hybridized carbons (Fsp3) is 0.0769. The predicted molar refractivity (Wildman–Crippen MR) is 62.4 cm³/mol. The zero-order chi connectivity index (χ0) is 13.1. The summed E-state index contributed by atoms with van der Waals surface area (Å²) in [6, 6.07) is 11.1. The van der Waals surface area contributed by atoms with Crippen LogP contribution in [0.3, 0.4) is 0 Å². The van der Waals surface area contributed by atoms with Gasteiger partial charge in [0.05, 0.1) is 11.3 Å². The number of nitrogens with zero attached hydrogens (tertiary/aromatic N) is 5. The van der Waals surface area contributed by atoms with Gasteiger partial charge in [-0.2, -0.15) is 15.8 Å². The normalized spacial score (nSPS) is 9.22. The van der Waals surface area contributed by atoms with Gasteiger partial charge in [0, 0.05) is 0 Å². The SMILES string of the molecule is Cc1ccc(C#N)c(-n2cnc(C#N)c2C#N)c1. The fourth-order valence-electron chi connectivity index (χ4n) is 1.66. The van der Waals surface area contributed by atoms with Gasteiger partial charge < -0.3 is 0 Å². The van der Waals surface area contributed by atoms with Crippen molar-refractivity contribution in [2.75, 3.05) is 0 Å². The minimum atomic E-state index is 0.0582. The summed E-state index contributed by atoms with van der Waals surface area (Å²) in [4.78, 5) is 3.86. The van der Waals surface area contributed by atoms with E-state index in [-0.39, 0.29) is 11.4 Å². The maximum absolute atomic E-state index is 9.07. The zero-order valence-electron chi connectivity index (χ0n) is 9.55. The Morgan fingerprint density at radius 1 is 1.11 bits per heavy atom. The number of hydrogen-bond acceptors (Lipinski definition) is 4. The molecule has 0 amide bonds. The lowest BCUT2D eigenvalue weighted by Crippen LogP contribution is -2.00. The van der Waals surface area contributed by atoms with Crippen molar-refractivity contribution in [3.05, 3.63) is 47.0 Å². The monoisotopic (exact) mass is 233 g/mol. The third-order valence-corrected chi connectivity index (χ3v) is 2.51. The molecule has 1 heterocycles. The van der Waals surface area contributed by atoms with Gasteiger partial charge in [-0.15, -0.1) is 0 Å². The molecule has 18 heavy (non-hydrogen) atoms. The van der Waals surface area contributed by atoms with Crippen LogP contribution in [-0.2, 0) is 0 Å². The van der Waals surface area contributed by atoms with E-state index < -0.39 is 0 Å². The minimum absolute atomic E-state index is 0.0582. The van der Waals surface area contributed by atoms with Crippen molar-refractivity contribution in [2.45, 2.75) is 6.92 Å². The third-order valence-electron chi connectivity index (χ3n) is 2.51. The van der Waals surface area contributed by atoms with Crippen molar-refractivity contribution in [2.24, 2.45) is 0 Å². The summed E-state index contributed by atoms with van der Waals surface area (Å²) in [5.41, 5.74) is 2.14. The number of rotatable bonds is 1. The van der Waals surface area contributed by atoms with Gasteiger partial charge in [0.25, 0.3) is 0 Å². The molecule has 0 bridgehead atoms. The summed E-state index contributed by atoms with van der Waals surface area (Å²) in [5, 5.41) is 27.0. The molecule has 1 aromatic carbocycles. The van der Waals surface area contributed by atoms with Gasteiger partial charge in [-0.05, 0) is 24.6 Å². The average molecular weight is 233 g/mol. The highest BCUT2D eigenvalue weighted by atomic mass is 15.1. The van der Waals surface area contributed by atoms with Crippen LogP contribution in [0.15, 0.2) is 24.5 Å². The molecular formula is C13H7N5. The number of benzene rings is 1. The van der Waals surface area contributed by atoms with Crippen molar-refractivity contribution in [1.29, 1.82) is 15.8 Å². The van der Waals surface area contributed by atoms with E-state index in [4.69, 9.17) is 15.8 Å². The third kappa shape index (κ3) is 1.69. The molecule has 0 saturated carbocycles. The average Bonchev–Trinajstić information content (AvgIpc) is 2.81. The van der Waals surface area contributed by atoms with E-state index in [1.807, 2.05) is 25.1 Å². The second-order valence-electron chi connectivity index (χ2n) is 3.67. The van der Waals surface area contributed by atoms with Gasteiger partial charge in [-0.25, -0.2) is 4.98 Å². The van der Waals surface area contributed by atoms with Crippen molar-refractivity contribution in [3.63, 3.8) is 0 Å². The van der Waals surface area contributed by atoms with Crippen LogP contribution in [0, 0.1) is 40.9 Å². The summed E-state index contributed by atoms with van der Waals surface area (Å²) < 4.78 is 1.46. The molecular weight excluding hydrogens is 226 g/mol. The second kappa shape index (κ2) is 4.41. The largest absolute Gasteiger partial charge is 0.288 e. The van der Waals surface area contributed by atoms with Crippen LogP contribution in [0.1, 0.15) is 22.5 Å². The molecule has 0 aliphatic rings. The molecule has 0 aliphatic carbocycles. The van der Waals surface area contributed by atoms with Gasteiger partial charge in [0.2, 0.25) is 0 Å². The topological polar surface area (TPSA) is 89.2 Å². The van der Waals surface area contributed by atoms with Gasteiger partial charge >= 0.3 is 0 Å². The van der Waals surface area contributed by atoms with Crippen LogP contribution in [0.25, 0.3) is 5.69 Å². The van der Waals surface area contributed by atoms with E-state index in [0.29, 0.717) is 11.3 Å². The van der Waals surface area contributed by atoms with Crippen LogP contribution < -0.4 is 0 Å². The molecule has 1 aromatic heterocycles. The lowest BCUT2D eigenvalue weighted by atomic mass is 10.1. The van der Waals surface area contributed by atoms with E-state index in [0.717, 1.165) is 5.56 Å². The number of aromatic nitrogens is 2. The van der Waals surface area contributed by atoms with Crippen LogP contribution in [0.5, 0.6) is 0 Å². The summed E-state index contributed by atoms with van der Waals surface area (Å²) in [5.74, 6) is 0. The maximum Gasteiger partial charge on any atom is 0.177 e. The predicted octanol–water partition coefficient (Wildman–Crippen LogP) is 1.80. The molecule has 0 N–H and O–H groups in total. The van der Waals surface area contributed by atoms with Crippen molar-refractivity contribution >= 4 is 0 Å². The maximum atomic E-state index is 9.07. The molecule has 2 rings (SSSR count). The van der Waals surface area contributed by atoms with Crippen LogP contribution >= 0.6 is 0 Å². The second-order valence-corrected chi connectivity index (χ2v) is 3.67. The molecule has 2 aromatic rings. The Balaban J connectivity index is 2.75. The van der Waals surface area contributed by atoms with Crippen molar-refractivity contribution in [1.82, 2.24) is 9.55 Å². The van der Waals surface area contributed by atoms with Gasteiger partial charge in [-0.1, -0.05) is 6.07 Å². The highest BCUT2D eigenvalue weighted by molar-refractivity contribution is 5.54. The zero-order valence-corrected chi connectivity index (χ0v) is 9.55. The molecule has 0 unspecified atom stereocenters. The molecule has 0 saturated heterocycles. The highest BCUT2D eigenvalue weighted by Gasteiger charge is 2.14. The first-order chi connectivity index (χ1) is 8.71. The van der Waals surface area contributed by atoms with Gasteiger partial charge in [0.1, 0.15) is 24.5 Å². The first kappa shape index (κ1) is 11.4. The van der Waals surface area contributed by atoms with E-state index in [2.05, 4.69) is 11.1 Å². The Morgan fingerprint density at radius 3 is 2.50 bits per heavy atom. The first-order valence-electron chi connectivity index (χ1n) is 5.10. The highest BCUT2D eigenvalue weighted by Crippen LogP contribution is 2.19. The Kier molecular flexibility index (Phi) is 2.79. The molecule has 84 valence electrons. The molecule has 0 fully saturated rings. The van der Waals surface area contributed by atoms with Gasteiger partial charge in [-0.3, -0.25) is 4.57 Å². The number of nitriles is 3. The summed E-state index contributed by atoms with van der Waals surface area (Å²) in [6.45, 7) is 1.89. The van der Waals surface area contributed by atoms with Crippen molar-refractivity contribution < 1.29 is 0 Å². The summed E-state index contributed by atoms with van der Waals surface area (Å²) in [7, 11) is 0. The van der Waals surface area contributed by atoms with E-state index in [9.17, 15) is 0 Å². The van der Waals surface area contributed by atoms with E-state index >= 15 is 0 Å². The van der Waals surface area contributed by atoms with Gasteiger partial charge in [0.15, 0.2) is 11.4 Å². The quantitative estimate of drug-likeness (QED) is 0.751. The fourth-order valence-corrected chi connectivity index (χ4v) is 1.66. The lowest BCUT2D eigenvalue weighted by molar-refractivity contribution is 1.02. The summed E-state index contributed by atoms with van der Waals surface area (Å²) in [6.07, 6.45) is 1.38. The number of aryl methyl sites for hydroxylation is 1. The van der Waals surface area contributed by atoms with Crippen LogP contribution in [0.2, 0.25) is 0 Å². The van der Waals surface area contributed by atoms with E-state index in [1.54, 1.807) is 12.1 Å². The van der Waals surface area contributed by atoms with Crippen LogP contribution in [-0.4, -0.2) is 9.55 Å². The van der Waals surface area contributed by atoms with Crippen molar-refractivity contribution in [3.8, 4) is 23.9 Å². The molecule has 0 aliphatic heterocycles. The smallest absolute Gasteiger partial charge is 0.177 e. The molecule has 5 heteroatoms. The molecule has 5 nitrogen and oxygen atoms in total. The Morgan fingerprint density at radius 2 is 1.89 bits per heavy atom. The first-order valence-corrected chi connectivity index (χ1v) is 5.10. The van der Waals surface area contributed by atoms with Crippen LogP contribution in [0.4, 0.5) is 0 Å². The summed E-state index contributed by atoms with van der Waals surface area (Å²) >= 11 is 0. The molecule has 0 spiro atoms. The molecule has 0 radical (unpaired) electrons. The minimum Gasteiger partial charge on any atom is -0.288 e. The Bertz CT molecular complexity index is 734. The Labute approximate surface area is 104 Å². The standard InChI is InChI=1S/C13H7N5/c1-9-2-3-10(5-14)12(4-9)18-8-17-11(6-15)13(18)7-16/h2-4,8H,1H3. The molecule has 0 atom stereocenters.